The number of carbonyl (C=O) groups is 1. The zero-order valence-electron chi connectivity index (χ0n) is 21.8. The minimum atomic E-state index is -0.684. The number of ketones is 1. The van der Waals surface area contributed by atoms with Crippen molar-refractivity contribution in [1.29, 1.82) is 0 Å². The predicted molar refractivity (Wildman–Crippen MR) is 134 cm³/mol. The van der Waals surface area contributed by atoms with E-state index in [1.165, 1.54) is 5.57 Å². The van der Waals surface area contributed by atoms with Gasteiger partial charge in [-0.1, -0.05) is 46.3 Å². The Bertz CT molecular complexity index is 768. The maximum absolute atomic E-state index is 13.9. The fourth-order valence-electron chi connectivity index (χ4n) is 7.77. The molecule has 0 saturated heterocycles. The van der Waals surface area contributed by atoms with Crippen LogP contribution in [0.3, 0.4) is 0 Å². The second-order valence-electron chi connectivity index (χ2n) is 12.1. The number of hydrogen-bond acceptors (Lipinski definition) is 4. The first kappa shape index (κ1) is 26.6. The standard InChI is InChI=1S/C29H48O4/c1-7-20(18(2)3)9-8-19(4)23-10-11-24(28(23,5)14-15-30)22-17-26(32)25-16-21(31)12-13-29(25,6)27(22)33/h7,17-19,21,23-26,30-32H,8-16H2,1-6H3/t19-,21+,23-,24+,25-,26+,28-,29+/m1/s1. The SMILES string of the molecule is CC=C(CC[C@@H](C)[C@H]1CC[C@@H](C2=C[C@H](O)[C@H]3C[C@@H](O)CC[C@]3(C)C2=O)[C@]1(C)CCO)C(C)C. The van der Waals surface area contributed by atoms with Gasteiger partial charge in [0, 0.05) is 17.9 Å². The molecule has 3 aliphatic carbocycles. The lowest BCUT2D eigenvalue weighted by Gasteiger charge is -2.49. The molecule has 8 atom stereocenters. The van der Waals surface area contributed by atoms with Crippen LogP contribution >= 0.6 is 0 Å². The smallest absolute Gasteiger partial charge is 0.165 e. The van der Waals surface area contributed by atoms with Crippen molar-refractivity contribution in [2.75, 3.05) is 6.61 Å². The second kappa shape index (κ2) is 10.3. The Labute approximate surface area is 201 Å². The molecule has 0 radical (unpaired) electrons. The number of rotatable bonds is 8. The van der Waals surface area contributed by atoms with Gasteiger partial charge in [0.2, 0.25) is 0 Å². The van der Waals surface area contributed by atoms with Gasteiger partial charge in [0.15, 0.2) is 5.78 Å². The Morgan fingerprint density at radius 1 is 1.18 bits per heavy atom. The first-order valence-corrected chi connectivity index (χ1v) is 13.4. The summed E-state index contributed by atoms with van der Waals surface area (Å²) in [5, 5.41) is 31.2. The number of carbonyl (C=O) groups excluding carboxylic acids is 1. The van der Waals surface area contributed by atoms with Crippen molar-refractivity contribution in [1.82, 2.24) is 0 Å². The van der Waals surface area contributed by atoms with Gasteiger partial charge in [0.25, 0.3) is 0 Å². The lowest BCUT2D eigenvalue weighted by atomic mass is 9.55. The van der Waals surface area contributed by atoms with Crippen molar-refractivity contribution in [2.45, 2.75) is 105 Å². The Hall–Kier alpha value is -0.970. The molecule has 0 bridgehead atoms. The van der Waals surface area contributed by atoms with Gasteiger partial charge in [-0.2, -0.15) is 0 Å². The summed E-state index contributed by atoms with van der Waals surface area (Å²) in [6.07, 6.45) is 9.66. The zero-order valence-corrected chi connectivity index (χ0v) is 21.8. The van der Waals surface area contributed by atoms with E-state index in [-0.39, 0.29) is 29.6 Å². The van der Waals surface area contributed by atoms with Crippen LogP contribution in [-0.2, 0) is 4.79 Å². The van der Waals surface area contributed by atoms with E-state index in [1.54, 1.807) is 0 Å². The van der Waals surface area contributed by atoms with Crippen LogP contribution in [0, 0.1) is 40.4 Å². The summed E-state index contributed by atoms with van der Waals surface area (Å²) in [6.45, 7) is 13.4. The highest BCUT2D eigenvalue weighted by Gasteiger charge is 2.56. The summed E-state index contributed by atoms with van der Waals surface area (Å²) in [4.78, 5) is 13.9. The molecular formula is C29H48O4. The van der Waals surface area contributed by atoms with Crippen molar-refractivity contribution < 1.29 is 20.1 Å². The van der Waals surface area contributed by atoms with Crippen LogP contribution in [0.15, 0.2) is 23.3 Å². The van der Waals surface area contributed by atoms with E-state index < -0.39 is 17.6 Å². The third-order valence-electron chi connectivity index (χ3n) is 10.0. The van der Waals surface area contributed by atoms with Crippen molar-refractivity contribution in [2.24, 2.45) is 40.4 Å². The molecule has 3 rings (SSSR count). The molecule has 0 aromatic carbocycles. The van der Waals surface area contributed by atoms with Gasteiger partial charge in [-0.25, -0.2) is 0 Å². The van der Waals surface area contributed by atoms with Crippen LogP contribution in [0.25, 0.3) is 0 Å². The number of Topliss-reactive ketones (excluding diaryl/α,β-unsaturated/α-hetero) is 1. The lowest BCUT2D eigenvalue weighted by Crippen LogP contribution is -2.52. The number of fused-ring (bicyclic) bond motifs is 1. The van der Waals surface area contributed by atoms with Gasteiger partial charge in [-0.05, 0) is 99.0 Å². The van der Waals surface area contributed by atoms with Gasteiger partial charge in [-0.15, -0.1) is 0 Å². The van der Waals surface area contributed by atoms with Crippen molar-refractivity contribution in [3.8, 4) is 0 Å². The number of aliphatic hydroxyl groups excluding tert-OH is 3. The van der Waals surface area contributed by atoms with Crippen molar-refractivity contribution in [3.05, 3.63) is 23.3 Å². The van der Waals surface area contributed by atoms with Crippen LogP contribution in [0.4, 0.5) is 0 Å². The predicted octanol–water partition coefficient (Wildman–Crippen LogP) is 5.46. The molecular weight excluding hydrogens is 412 g/mol. The number of hydrogen-bond donors (Lipinski definition) is 3. The molecule has 4 nitrogen and oxygen atoms in total. The molecule has 3 aliphatic rings. The third-order valence-corrected chi connectivity index (χ3v) is 10.0. The number of aliphatic hydroxyl groups is 3. The molecule has 188 valence electrons. The molecule has 0 amide bonds. The molecule has 33 heavy (non-hydrogen) atoms. The van der Waals surface area contributed by atoms with E-state index in [0.29, 0.717) is 43.4 Å². The van der Waals surface area contributed by atoms with Crippen LogP contribution < -0.4 is 0 Å². The number of allylic oxidation sites excluding steroid dienone is 3. The Balaban J connectivity index is 1.86. The molecule has 0 heterocycles. The van der Waals surface area contributed by atoms with E-state index in [1.807, 2.05) is 13.0 Å². The summed E-state index contributed by atoms with van der Waals surface area (Å²) in [6, 6.07) is 0. The van der Waals surface area contributed by atoms with E-state index in [2.05, 4.69) is 40.7 Å². The largest absolute Gasteiger partial charge is 0.396 e. The lowest BCUT2D eigenvalue weighted by molar-refractivity contribution is -0.138. The van der Waals surface area contributed by atoms with Gasteiger partial charge in [0.05, 0.1) is 12.2 Å². The summed E-state index contributed by atoms with van der Waals surface area (Å²) in [7, 11) is 0. The Morgan fingerprint density at radius 3 is 2.48 bits per heavy atom. The summed E-state index contributed by atoms with van der Waals surface area (Å²) < 4.78 is 0. The van der Waals surface area contributed by atoms with E-state index >= 15 is 0 Å². The fourth-order valence-corrected chi connectivity index (χ4v) is 7.77. The highest BCUT2D eigenvalue weighted by atomic mass is 16.3. The van der Waals surface area contributed by atoms with Crippen molar-refractivity contribution >= 4 is 5.78 Å². The summed E-state index contributed by atoms with van der Waals surface area (Å²) >= 11 is 0. The average molecular weight is 461 g/mol. The van der Waals surface area contributed by atoms with Crippen LogP contribution in [-0.4, -0.2) is 39.9 Å². The third kappa shape index (κ3) is 4.90. The maximum atomic E-state index is 13.9. The molecule has 4 heteroatoms. The molecule has 0 aliphatic heterocycles. The van der Waals surface area contributed by atoms with Crippen LogP contribution in [0.1, 0.15) is 92.9 Å². The van der Waals surface area contributed by atoms with Crippen molar-refractivity contribution in [3.63, 3.8) is 0 Å². The molecule has 0 unspecified atom stereocenters. The Kier molecular flexibility index (Phi) is 8.34. The van der Waals surface area contributed by atoms with E-state index in [9.17, 15) is 20.1 Å². The fraction of sp³-hybridized carbons (Fsp3) is 0.828. The monoisotopic (exact) mass is 460 g/mol. The normalized spacial score (nSPS) is 40.7. The summed E-state index contributed by atoms with van der Waals surface area (Å²) in [5.41, 5.74) is 1.57. The van der Waals surface area contributed by atoms with E-state index in [0.717, 1.165) is 31.3 Å². The highest BCUT2D eigenvalue weighted by Crippen LogP contribution is 2.59. The van der Waals surface area contributed by atoms with Gasteiger partial charge >= 0.3 is 0 Å². The maximum Gasteiger partial charge on any atom is 0.165 e. The molecule has 0 spiro atoms. The molecule has 2 fully saturated rings. The van der Waals surface area contributed by atoms with Gasteiger partial charge < -0.3 is 15.3 Å². The Morgan fingerprint density at radius 2 is 1.88 bits per heavy atom. The highest BCUT2D eigenvalue weighted by molar-refractivity contribution is 6.01. The quantitative estimate of drug-likeness (QED) is 0.421. The average Bonchev–Trinajstić information content (AvgIpc) is 3.09. The molecule has 3 N–H and O–H groups in total. The topological polar surface area (TPSA) is 77.8 Å². The minimum absolute atomic E-state index is 0.0789. The molecule has 0 aromatic rings. The first-order valence-electron chi connectivity index (χ1n) is 13.4. The second-order valence-corrected chi connectivity index (χ2v) is 12.1. The van der Waals surface area contributed by atoms with E-state index in [4.69, 9.17) is 0 Å². The van der Waals surface area contributed by atoms with Crippen LogP contribution in [0.5, 0.6) is 0 Å². The van der Waals surface area contributed by atoms with Gasteiger partial charge in [0.1, 0.15) is 0 Å². The molecule has 0 aromatic heterocycles. The first-order chi connectivity index (χ1) is 15.5. The minimum Gasteiger partial charge on any atom is -0.396 e. The van der Waals surface area contributed by atoms with Gasteiger partial charge in [-0.3, -0.25) is 4.79 Å². The molecule has 2 saturated carbocycles. The van der Waals surface area contributed by atoms with Crippen LogP contribution in [0.2, 0.25) is 0 Å². The zero-order chi connectivity index (χ0) is 24.6. The summed E-state index contributed by atoms with van der Waals surface area (Å²) in [5.74, 6) is 1.59.